The summed E-state index contributed by atoms with van der Waals surface area (Å²) < 4.78 is 0. The highest BCUT2D eigenvalue weighted by Crippen LogP contribution is 2.65. The van der Waals surface area contributed by atoms with Gasteiger partial charge >= 0.3 is 0 Å². The Morgan fingerprint density at radius 1 is 0.254 bits per heavy atom. The third kappa shape index (κ3) is 7.21. The van der Waals surface area contributed by atoms with Crippen molar-refractivity contribution in [3.63, 3.8) is 0 Å². The third-order valence-corrected chi connectivity index (χ3v) is 14.5. The van der Waals surface area contributed by atoms with Crippen molar-refractivity contribution in [3.8, 4) is 22.3 Å². The molecule has 0 amide bonds. The number of fused-ring (bicyclic) bond motifs is 10. The van der Waals surface area contributed by atoms with E-state index in [4.69, 9.17) is 0 Å². The van der Waals surface area contributed by atoms with Crippen LogP contribution in [0.2, 0.25) is 0 Å². The summed E-state index contributed by atoms with van der Waals surface area (Å²) in [7, 11) is 0. The van der Waals surface area contributed by atoms with Crippen LogP contribution < -0.4 is 15.1 Å². The molecule has 336 valence electrons. The zero-order valence-electron chi connectivity index (χ0n) is 39.1. The molecule has 11 aromatic carbocycles. The lowest BCUT2D eigenvalue weighted by molar-refractivity contribution is 0.790. The Morgan fingerprint density at radius 2 is 0.592 bits per heavy atom. The van der Waals surface area contributed by atoms with E-state index in [-0.39, 0.29) is 5.92 Å². The quantitative estimate of drug-likeness (QED) is 0.130. The minimum Gasteiger partial charge on any atom is -0.356 e. The van der Waals surface area contributed by atoms with E-state index in [1.807, 2.05) is 0 Å². The Bertz CT molecular complexity index is 3270. The maximum Gasteiger partial charge on any atom is 0.0727 e. The van der Waals surface area contributed by atoms with Crippen LogP contribution in [0.15, 0.2) is 285 Å². The molecular formula is C68H49N3. The molecule has 3 heteroatoms. The third-order valence-electron chi connectivity index (χ3n) is 14.5. The Kier molecular flexibility index (Phi) is 10.5. The lowest BCUT2D eigenvalue weighted by Gasteiger charge is -2.34. The predicted octanol–water partition coefficient (Wildman–Crippen LogP) is 17.9. The van der Waals surface area contributed by atoms with Crippen molar-refractivity contribution in [2.45, 2.75) is 11.3 Å². The average Bonchev–Trinajstić information content (AvgIpc) is 3.89. The molecule has 0 fully saturated rings. The number of nitrogens with zero attached hydrogens (tertiary/aromatic N) is 2. The lowest BCUT2D eigenvalue weighted by Crippen LogP contribution is -2.27. The molecule has 0 aromatic heterocycles. The van der Waals surface area contributed by atoms with Crippen molar-refractivity contribution >= 4 is 45.5 Å². The molecule has 0 bridgehead atoms. The van der Waals surface area contributed by atoms with E-state index in [0.29, 0.717) is 0 Å². The smallest absolute Gasteiger partial charge is 0.0727 e. The Hall–Kier alpha value is -9.18. The first kappa shape index (κ1) is 42.0. The van der Waals surface area contributed by atoms with Crippen molar-refractivity contribution < 1.29 is 0 Å². The molecule has 1 atom stereocenters. The zero-order chi connectivity index (χ0) is 47.1. The van der Waals surface area contributed by atoms with E-state index in [9.17, 15) is 0 Å². The van der Waals surface area contributed by atoms with Gasteiger partial charge in [0.2, 0.25) is 0 Å². The van der Waals surface area contributed by atoms with Crippen molar-refractivity contribution in [1.82, 2.24) is 0 Å². The van der Waals surface area contributed by atoms with E-state index in [2.05, 4.69) is 300 Å². The van der Waals surface area contributed by atoms with Gasteiger partial charge in [0.05, 0.1) is 5.41 Å². The number of benzene rings is 11. The number of anilines is 8. The van der Waals surface area contributed by atoms with Crippen LogP contribution in [-0.4, -0.2) is 0 Å². The molecule has 3 nitrogen and oxygen atoms in total. The molecule has 11 aromatic rings. The second-order valence-corrected chi connectivity index (χ2v) is 18.5. The molecule has 1 spiro atoms. The minimum atomic E-state index is -0.734. The summed E-state index contributed by atoms with van der Waals surface area (Å²) in [6.45, 7) is 0. The summed E-state index contributed by atoms with van der Waals surface area (Å²) in [5, 5.41) is 3.82. The van der Waals surface area contributed by atoms with Gasteiger partial charge in [0.25, 0.3) is 0 Å². The van der Waals surface area contributed by atoms with Gasteiger partial charge in [-0.25, -0.2) is 0 Å². The van der Waals surface area contributed by atoms with Crippen LogP contribution in [0.4, 0.5) is 45.5 Å². The Labute approximate surface area is 416 Å². The summed E-state index contributed by atoms with van der Waals surface area (Å²) in [5.74, 6) is 0.00934. The van der Waals surface area contributed by atoms with Gasteiger partial charge < -0.3 is 15.1 Å². The number of nitrogens with one attached hydrogen (secondary N) is 1. The molecule has 13 rings (SSSR count). The molecule has 0 aliphatic heterocycles. The van der Waals surface area contributed by atoms with Crippen LogP contribution in [-0.2, 0) is 5.41 Å². The fourth-order valence-corrected chi connectivity index (χ4v) is 11.5. The van der Waals surface area contributed by atoms with E-state index in [1.165, 1.54) is 61.2 Å². The molecule has 71 heavy (non-hydrogen) atoms. The van der Waals surface area contributed by atoms with Crippen LogP contribution in [0, 0.1) is 0 Å². The molecular weight excluding hydrogens is 859 g/mol. The molecule has 1 N–H and O–H groups in total. The van der Waals surface area contributed by atoms with Crippen molar-refractivity contribution in [3.05, 3.63) is 324 Å². The Morgan fingerprint density at radius 3 is 1.01 bits per heavy atom. The fraction of sp³-hybridized carbons (Fsp3) is 0.0294. The van der Waals surface area contributed by atoms with Crippen LogP contribution >= 0.6 is 0 Å². The van der Waals surface area contributed by atoms with Crippen molar-refractivity contribution in [2.24, 2.45) is 0 Å². The van der Waals surface area contributed by atoms with Gasteiger partial charge in [0.15, 0.2) is 0 Å². The molecule has 2 aliphatic carbocycles. The summed E-state index contributed by atoms with van der Waals surface area (Å²) in [4.78, 5) is 4.80. The number of para-hydroxylation sites is 5. The van der Waals surface area contributed by atoms with E-state index in [1.54, 1.807) is 0 Å². The van der Waals surface area contributed by atoms with Gasteiger partial charge in [-0.05, 0) is 158 Å². The molecule has 0 saturated heterocycles. The van der Waals surface area contributed by atoms with Crippen LogP contribution in [0.1, 0.15) is 44.9 Å². The van der Waals surface area contributed by atoms with Crippen molar-refractivity contribution in [2.75, 3.05) is 15.1 Å². The van der Waals surface area contributed by atoms with Crippen molar-refractivity contribution in [1.29, 1.82) is 0 Å². The van der Waals surface area contributed by atoms with E-state index in [0.717, 1.165) is 45.5 Å². The van der Waals surface area contributed by atoms with Crippen LogP contribution in [0.5, 0.6) is 0 Å². The highest BCUT2D eigenvalue weighted by molar-refractivity contribution is 5.98. The summed E-state index contributed by atoms with van der Waals surface area (Å²) in [6.07, 6.45) is 0. The second kappa shape index (κ2) is 17.7. The van der Waals surface area contributed by atoms with Crippen LogP contribution in [0.3, 0.4) is 0 Å². The lowest BCUT2D eigenvalue weighted by atomic mass is 9.69. The first-order valence-electron chi connectivity index (χ1n) is 24.5. The summed E-state index contributed by atoms with van der Waals surface area (Å²) in [5.41, 5.74) is 21.7. The van der Waals surface area contributed by atoms with Gasteiger partial charge in [0, 0.05) is 51.4 Å². The molecule has 0 saturated carbocycles. The first-order chi connectivity index (χ1) is 35.2. The molecule has 2 aliphatic rings. The average molecular weight is 908 g/mol. The van der Waals surface area contributed by atoms with Gasteiger partial charge in [-0.3, -0.25) is 0 Å². The first-order valence-corrected chi connectivity index (χ1v) is 24.5. The van der Waals surface area contributed by atoms with Gasteiger partial charge in [-0.2, -0.15) is 0 Å². The monoisotopic (exact) mass is 907 g/mol. The summed E-state index contributed by atoms with van der Waals surface area (Å²) in [6, 6.07) is 104. The van der Waals surface area contributed by atoms with Crippen LogP contribution in [0.25, 0.3) is 22.3 Å². The SMILES string of the molecule is c1ccc(Nc2ccc3c(c2)C2(c4cc(C(c5ccccc5)c5ccccc5)ccc4-c4ccc(N(c5ccccc5)c5ccccc5)cc42)c2cc(N(c4ccccc4)c4ccccc4)ccc2-3)cc1. The maximum absolute atomic E-state index is 3.82. The topological polar surface area (TPSA) is 18.5 Å². The van der Waals surface area contributed by atoms with E-state index < -0.39 is 5.41 Å². The van der Waals surface area contributed by atoms with Gasteiger partial charge in [0.1, 0.15) is 0 Å². The highest BCUT2D eigenvalue weighted by Gasteiger charge is 2.53. The molecule has 0 heterocycles. The molecule has 0 radical (unpaired) electrons. The van der Waals surface area contributed by atoms with Gasteiger partial charge in [-0.1, -0.05) is 188 Å². The second-order valence-electron chi connectivity index (χ2n) is 18.5. The normalized spacial score (nSPS) is 13.8. The number of hydrogen-bond donors (Lipinski definition) is 1. The largest absolute Gasteiger partial charge is 0.356 e. The zero-order valence-corrected chi connectivity index (χ0v) is 39.1. The number of hydrogen-bond acceptors (Lipinski definition) is 3. The Balaban J connectivity index is 1.13. The predicted molar refractivity (Wildman–Crippen MR) is 296 cm³/mol. The minimum absolute atomic E-state index is 0.00934. The van der Waals surface area contributed by atoms with Gasteiger partial charge in [-0.15, -0.1) is 0 Å². The highest BCUT2D eigenvalue weighted by atomic mass is 15.1. The fourth-order valence-electron chi connectivity index (χ4n) is 11.5. The molecule has 1 unspecified atom stereocenters. The van der Waals surface area contributed by atoms with E-state index >= 15 is 0 Å². The number of rotatable bonds is 11. The standard InChI is InChI=1S/C68H49N3/c1-8-22-48(23-9-1)67(49-24-10-2-11-25-49)50-36-40-59-61-42-38-57(70(53-28-14-4-15-29-53)54-30-16-5-17-31-54)46-65(61)68(63(59)44-50)64-45-52(69-51-26-12-3-13-27-51)37-41-60(64)62-43-39-58(47-66(62)68)71(55-32-18-6-19-33-55)56-34-20-7-21-35-56/h1-47,67,69H. The maximum atomic E-state index is 3.82. The summed E-state index contributed by atoms with van der Waals surface area (Å²) >= 11 is 0.